The Labute approximate surface area is 179 Å². The number of rotatable bonds is 2. The summed E-state index contributed by atoms with van der Waals surface area (Å²) in [6, 6.07) is 6.71. The van der Waals surface area contributed by atoms with Crippen molar-refractivity contribution in [2.75, 3.05) is 29.6 Å². The number of aromatic hydroxyl groups is 1. The highest BCUT2D eigenvalue weighted by Gasteiger charge is 2.10. The van der Waals surface area contributed by atoms with E-state index in [0.717, 1.165) is 9.40 Å². The number of nitrogens with two attached hydrogens (primary N) is 3. The zero-order valence-electron chi connectivity index (χ0n) is 15.4. The summed E-state index contributed by atoms with van der Waals surface area (Å²) in [7, 11) is 1.56. The molecular weight excluding hydrogens is 436 g/mol. The number of phenolic OH excluding ortho intramolecular Hbond substituents is 1. The average molecular weight is 455 g/mol. The van der Waals surface area contributed by atoms with Crippen LogP contribution < -0.4 is 27.3 Å². The maximum Gasteiger partial charge on any atom is 0.223 e. The third-order valence-corrected chi connectivity index (χ3v) is 5.25. The first-order valence-corrected chi connectivity index (χ1v) is 9.56. The van der Waals surface area contributed by atoms with E-state index in [4.69, 9.17) is 21.9 Å². The standard InChI is InChI=1S/C10H11N3O2S.C7H7N3OS.ClH/c1-5(14)12-10-13-9-7(15-2)3-6(11)4-8(9)16-10;8-3-1-4(11)6-5(2-3)12-7(9)10-6;/h3-4H,11H2,1-2H3,(H,12,13,14);1-2,11H,8H2,(H2,9,10);1H. The van der Waals surface area contributed by atoms with Crippen molar-refractivity contribution in [1.29, 1.82) is 0 Å². The number of carbonyl (C=O) groups excluding carboxylic acids is 1. The molecule has 0 aliphatic carbocycles. The molecule has 0 atom stereocenters. The van der Waals surface area contributed by atoms with Gasteiger partial charge in [0.15, 0.2) is 10.3 Å². The highest BCUT2D eigenvalue weighted by atomic mass is 35.5. The lowest BCUT2D eigenvalue weighted by Gasteiger charge is -2.01. The molecule has 9 nitrogen and oxygen atoms in total. The van der Waals surface area contributed by atoms with Crippen molar-refractivity contribution in [3.05, 3.63) is 24.3 Å². The Hall–Kier alpha value is -3.02. The number of nitrogen functional groups attached to an aromatic ring is 3. The van der Waals surface area contributed by atoms with E-state index in [9.17, 15) is 9.90 Å². The molecule has 1 amide bonds. The summed E-state index contributed by atoms with van der Waals surface area (Å²) in [6.07, 6.45) is 0. The van der Waals surface area contributed by atoms with Crippen LogP contribution in [-0.2, 0) is 4.79 Å². The molecule has 2 heterocycles. The van der Waals surface area contributed by atoms with E-state index >= 15 is 0 Å². The van der Waals surface area contributed by atoms with Crippen LogP contribution in [0.25, 0.3) is 20.4 Å². The zero-order valence-corrected chi connectivity index (χ0v) is 17.9. The lowest BCUT2D eigenvalue weighted by atomic mass is 10.3. The molecule has 12 heteroatoms. The topological polar surface area (TPSA) is 162 Å². The van der Waals surface area contributed by atoms with Crippen LogP contribution >= 0.6 is 35.1 Å². The van der Waals surface area contributed by atoms with Gasteiger partial charge in [0.05, 0.1) is 16.5 Å². The molecule has 2 aromatic heterocycles. The van der Waals surface area contributed by atoms with Gasteiger partial charge in [0.2, 0.25) is 5.91 Å². The van der Waals surface area contributed by atoms with Gasteiger partial charge in [0, 0.05) is 30.4 Å². The number of benzene rings is 2. The van der Waals surface area contributed by atoms with Crippen molar-refractivity contribution in [3.63, 3.8) is 0 Å². The number of hydrogen-bond donors (Lipinski definition) is 5. The van der Waals surface area contributed by atoms with Gasteiger partial charge in [-0.15, -0.1) is 12.4 Å². The molecule has 4 rings (SSSR count). The number of phenols is 1. The van der Waals surface area contributed by atoms with Crippen molar-refractivity contribution in [3.8, 4) is 11.5 Å². The lowest BCUT2D eigenvalue weighted by molar-refractivity contribution is -0.114. The Morgan fingerprint density at radius 3 is 2.28 bits per heavy atom. The van der Waals surface area contributed by atoms with Crippen molar-refractivity contribution in [1.82, 2.24) is 9.97 Å². The van der Waals surface area contributed by atoms with E-state index in [2.05, 4.69) is 15.3 Å². The Bertz CT molecular complexity index is 1180. The summed E-state index contributed by atoms with van der Waals surface area (Å²) in [5.74, 6) is 0.548. The maximum absolute atomic E-state index is 10.9. The summed E-state index contributed by atoms with van der Waals surface area (Å²) in [4.78, 5) is 19.1. The van der Waals surface area contributed by atoms with Gasteiger partial charge in [-0.1, -0.05) is 22.7 Å². The fourth-order valence-electron chi connectivity index (χ4n) is 2.43. The van der Waals surface area contributed by atoms with Crippen LogP contribution in [0, 0.1) is 0 Å². The monoisotopic (exact) mass is 454 g/mol. The van der Waals surface area contributed by atoms with E-state index < -0.39 is 0 Å². The number of aromatic nitrogens is 2. The van der Waals surface area contributed by atoms with E-state index in [1.54, 1.807) is 25.3 Å². The molecule has 29 heavy (non-hydrogen) atoms. The summed E-state index contributed by atoms with van der Waals surface area (Å²) in [6.45, 7) is 1.44. The van der Waals surface area contributed by atoms with Crippen molar-refractivity contribution < 1.29 is 14.6 Å². The van der Waals surface area contributed by atoms with Crippen molar-refractivity contribution in [2.45, 2.75) is 6.92 Å². The summed E-state index contributed by atoms with van der Waals surface area (Å²) in [5.41, 5.74) is 19.1. The summed E-state index contributed by atoms with van der Waals surface area (Å²) >= 11 is 2.67. The van der Waals surface area contributed by atoms with Gasteiger partial charge in [0.25, 0.3) is 0 Å². The molecule has 0 spiro atoms. The number of halogens is 1. The molecule has 0 saturated carbocycles. The average Bonchev–Trinajstić information content (AvgIpc) is 3.16. The second-order valence-corrected chi connectivity index (χ2v) is 7.80. The maximum atomic E-state index is 10.9. The number of methoxy groups -OCH3 is 1. The van der Waals surface area contributed by atoms with Crippen LogP contribution in [0.5, 0.6) is 11.5 Å². The SMILES string of the molecule is COc1cc(N)cc2sc(NC(C)=O)nc12.Cl.Nc1cc(O)c2nc(N)sc2c1. The Morgan fingerprint density at radius 2 is 1.66 bits per heavy atom. The summed E-state index contributed by atoms with van der Waals surface area (Å²) in [5, 5.41) is 13.0. The van der Waals surface area contributed by atoms with Gasteiger partial charge in [-0.25, -0.2) is 9.97 Å². The first-order valence-electron chi connectivity index (χ1n) is 7.93. The van der Waals surface area contributed by atoms with Gasteiger partial charge < -0.3 is 32.4 Å². The molecule has 0 bridgehead atoms. The van der Waals surface area contributed by atoms with Crippen LogP contribution in [-0.4, -0.2) is 28.1 Å². The van der Waals surface area contributed by atoms with E-state index in [-0.39, 0.29) is 24.1 Å². The molecule has 0 radical (unpaired) electrons. The number of hydrogen-bond acceptors (Lipinski definition) is 10. The number of amides is 1. The second-order valence-electron chi connectivity index (χ2n) is 5.71. The number of carbonyl (C=O) groups is 1. The first-order chi connectivity index (χ1) is 13.3. The van der Waals surface area contributed by atoms with Gasteiger partial charge in [-0.3, -0.25) is 4.79 Å². The predicted octanol–water partition coefficient (Wildman–Crippen LogP) is 3.43. The van der Waals surface area contributed by atoms with E-state index in [0.29, 0.717) is 38.4 Å². The van der Waals surface area contributed by atoms with Gasteiger partial charge in [0.1, 0.15) is 22.5 Å². The van der Waals surface area contributed by atoms with Crippen LogP contribution in [0.2, 0.25) is 0 Å². The third kappa shape index (κ3) is 5.08. The molecule has 0 aliphatic heterocycles. The molecule has 0 aliphatic rings. The number of nitrogens with one attached hydrogen (secondary N) is 1. The van der Waals surface area contributed by atoms with Gasteiger partial charge in [-0.2, -0.15) is 0 Å². The molecule has 0 fully saturated rings. The van der Waals surface area contributed by atoms with E-state index in [1.165, 1.54) is 35.7 Å². The molecule has 2 aromatic carbocycles. The minimum atomic E-state index is -0.147. The number of nitrogens with zero attached hydrogens (tertiary/aromatic N) is 2. The van der Waals surface area contributed by atoms with Crippen LogP contribution in [0.1, 0.15) is 6.92 Å². The smallest absolute Gasteiger partial charge is 0.223 e. The Balaban J connectivity index is 0.000000207. The fourth-order valence-corrected chi connectivity index (χ4v) is 4.21. The minimum absolute atomic E-state index is 0. The molecule has 154 valence electrons. The van der Waals surface area contributed by atoms with Crippen LogP contribution in [0.15, 0.2) is 24.3 Å². The molecule has 0 saturated heterocycles. The van der Waals surface area contributed by atoms with Gasteiger partial charge >= 0.3 is 0 Å². The fraction of sp³-hybridized carbons (Fsp3) is 0.118. The summed E-state index contributed by atoms with van der Waals surface area (Å²) < 4.78 is 6.88. The highest BCUT2D eigenvalue weighted by Crippen LogP contribution is 2.34. The number of thiazole rings is 2. The quantitative estimate of drug-likeness (QED) is 0.287. The highest BCUT2D eigenvalue weighted by molar-refractivity contribution is 7.22. The number of fused-ring (bicyclic) bond motifs is 2. The van der Waals surface area contributed by atoms with Crippen molar-refractivity contribution >= 4 is 83.1 Å². The first kappa shape index (κ1) is 22.3. The molecule has 4 aromatic rings. The lowest BCUT2D eigenvalue weighted by Crippen LogP contribution is -2.04. The molecular formula is C17H19ClN6O3S2. The number of ether oxygens (including phenoxy) is 1. The normalized spacial score (nSPS) is 10.1. The predicted molar refractivity (Wildman–Crippen MR) is 122 cm³/mol. The van der Waals surface area contributed by atoms with E-state index in [1.807, 2.05) is 0 Å². The minimum Gasteiger partial charge on any atom is -0.506 e. The third-order valence-electron chi connectivity index (χ3n) is 3.50. The molecule has 0 unspecified atom stereocenters. The Kier molecular flexibility index (Phi) is 6.90. The van der Waals surface area contributed by atoms with Gasteiger partial charge in [-0.05, 0) is 12.1 Å². The zero-order chi connectivity index (χ0) is 20.4. The van der Waals surface area contributed by atoms with Crippen LogP contribution in [0.3, 0.4) is 0 Å². The largest absolute Gasteiger partial charge is 0.506 e. The van der Waals surface area contributed by atoms with Crippen molar-refractivity contribution in [2.24, 2.45) is 0 Å². The second kappa shape index (κ2) is 8.99. The number of anilines is 4. The molecule has 8 N–H and O–H groups in total. The Morgan fingerprint density at radius 1 is 1.03 bits per heavy atom. The van der Waals surface area contributed by atoms with Crippen LogP contribution in [0.4, 0.5) is 21.6 Å².